The van der Waals surface area contributed by atoms with Crippen molar-refractivity contribution < 1.29 is 24.1 Å². The van der Waals surface area contributed by atoms with Crippen LogP contribution in [0, 0.1) is 5.82 Å². The number of ketones is 1. The molecule has 32 heavy (non-hydrogen) atoms. The summed E-state index contributed by atoms with van der Waals surface area (Å²) >= 11 is 0. The molecule has 172 valence electrons. The number of rotatable bonds is 11. The summed E-state index contributed by atoms with van der Waals surface area (Å²) < 4.78 is 20.3. The fourth-order valence-electron chi connectivity index (χ4n) is 3.11. The van der Waals surface area contributed by atoms with E-state index in [-0.39, 0.29) is 43.6 Å². The molecule has 9 heteroatoms. The molecule has 2 aromatic carbocycles. The van der Waals surface area contributed by atoms with E-state index in [1.165, 1.54) is 35.1 Å². The molecular weight excluding hydrogens is 415 g/mol. The standard InChI is InChI=1S/C22H25FN4O4.CH4/c23-17-4-6-18(7-5-17)27-22(24)20(15-25-27)21(30)16-2-1-3-19(14-16)31-13-10-26(8-11-28)9-12-29;/h1-7,14-15,28-29H,8-13,24H2;1H4. The summed E-state index contributed by atoms with van der Waals surface area (Å²) in [5.74, 6) is -0.00759. The first-order chi connectivity index (χ1) is 15.0. The smallest absolute Gasteiger partial charge is 0.198 e. The van der Waals surface area contributed by atoms with E-state index in [0.717, 1.165) is 0 Å². The largest absolute Gasteiger partial charge is 0.492 e. The van der Waals surface area contributed by atoms with Gasteiger partial charge in [0.15, 0.2) is 5.78 Å². The predicted molar refractivity (Wildman–Crippen MR) is 121 cm³/mol. The third-order valence-electron chi connectivity index (χ3n) is 4.73. The van der Waals surface area contributed by atoms with Gasteiger partial charge in [0.1, 0.15) is 24.0 Å². The molecule has 0 amide bonds. The second kappa shape index (κ2) is 11.9. The Balaban J connectivity index is 0.00000363. The molecule has 0 spiro atoms. The average Bonchev–Trinajstić information content (AvgIpc) is 3.15. The Morgan fingerprint density at radius 1 is 1.09 bits per heavy atom. The summed E-state index contributed by atoms with van der Waals surface area (Å²) in [6, 6.07) is 12.4. The van der Waals surface area contributed by atoms with Crippen LogP contribution in [0.5, 0.6) is 5.75 Å². The van der Waals surface area contributed by atoms with Gasteiger partial charge < -0.3 is 20.7 Å². The molecule has 3 aromatic rings. The number of hydrogen-bond acceptors (Lipinski definition) is 7. The quantitative estimate of drug-likeness (QED) is 0.388. The van der Waals surface area contributed by atoms with Crippen molar-refractivity contribution in [1.29, 1.82) is 0 Å². The lowest BCUT2D eigenvalue weighted by Gasteiger charge is -2.20. The second-order valence-electron chi connectivity index (χ2n) is 6.83. The van der Waals surface area contributed by atoms with Crippen LogP contribution in [0.2, 0.25) is 0 Å². The first-order valence-corrected chi connectivity index (χ1v) is 9.84. The van der Waals surface area contributed by atoms with Gasteiger partial charge in [-0.25, -0.2) is 9.07 Å². The Bertz CT molecular complexity index is 1000. The van der Waals surface area contributed by atoms with Gasteiger partial charge in [-0.1, -0.05) is 19.6 Å². The summed E-state index contributed by atoms with van der Waals surface area (Å²) in [6.07, 6.45) is 1.39. The van der Waals surface area contributed by atoms with Crippen LogP contribution >= 0.6 is 0 Å². The van der Waals surface area contributed by atoms with Gasteiger partial charge in [0.25, 0.3) is 0 Å². The monoisotopic (exact) mass is 444 g/mol. The van der Waals surface area contributed by atoms with Crippen LogP contribution in [0.25, 0.3) is 5.69 Å². The molecule has 0 atom stereocenters. The number of anilines is 1. The van der Waals surface area contributed by atoms with Gasteiger partial charge >= 0.3 is 0 Å². The van der Waals surface area contributed by atoms with Crippen molar-refractivity contribution >= 4 is 11.6 Å². The fourth-order valence-corrected chi connectivity index (χ4v) is 3.11. The molecule has 4 N–H and O–H groups in total. The summed E-state index contributed by atoms with van der Waals surface area (Å²) in [7, 11) is 0. The van der Waals surface area contributed by atoms with Gasteiger partial charge in [-0.2, -0.15) is 5.10 Å². The van der Waals surface area contributed by atoms with E-state index in [1.54, 1.807) is 24.3 Å². The van der Waals surface area contributed by atoms with E-state index in [0.29, 0.717) is 43.2 Å². The highest BCUT2D eigenvalue weighted by atomic mass is 19.1. The SMILES string of the molecule is C.Nc1c(C(=O)c2cccc(OCCN(CCO)CCO)c2)cnn1-c1ccc(F)cc1. The summed E-state index contributed by atoms with van der Waals surface area (Å²) in [4.78, 5) is 14.8. The number of aliphatic hydroxyl groups excluding tert-OH is 2. The molecular formula is C23H29FN4O4. The van der Waals surface area contributed by atoms with Gasteiger partial charge in [0.05, 0.1) is 30.7 Å². The maximum absolute atomic E-state index is 13.2. The molecule has 0 unspecified atom stereocenters. The molecule has 0 radical (unpaired) electrons. The number of nitrogens with two attached hydrogens (primary N) is 1. The van der Waals surface area contributed by atoms with Crippen molar-refractivity contribution in [2.24, 2.45) is 0 Å². The molecule has 1 heterocycles. The second-order valence-corrected chi connectivity index (χ2v) is 6.83. The molecule has 8 nitrogen and oxygen atoms in total. The first kappa shape index (κ1) is 25.0. The lowest BCUT2D eigenvalue weighted by molar-refractivity contribution is 0.103. The third-order valence-corrected chi connectivity index (χ3v) is 4.73. The Hall–Kier alpha value is -3.27. The minimum Gasteiger partial charge on any atom is -0.492 e. The van der Waals surface area contributed by atoms with E-state index < -0.39 is 0 Å². The van der Waals surface area contributed by atoms with Gasteiger partial charge in [0, 0.05) is 25.2 Å². The molecule has 0 aliphatic rings. The van der Waals surface area contributed by atoms with Crippen molar-refractivity contribution in [2.75, 3.05) is 45.2 Å². The van der Waals surface area contributed by atoms with E-state index in [9.17, 15) is 9.18 Å². The molecule has 0 aliphatic carbocycles. The van der Waals surface area contributed by atoms with Crippen molar-refractivity contribution in [3.8, 4) is 11.4 Å². The number of aliphatic hydroxyl groups is 2. The van der Waals surface area contributed by atoms with Crippen LogP contribution in [-0.2, 0) is 0 Å². The van der Waals surface area contributed by atoms with Crippen LogP contribution in [0.15, 0.2) is 54.7 Å². The number of carbonyl (C=O) groups excluding carboxylic acids is 1. The lowest BCUT2D eigenvalue weighted by atomic mass is 10.1. The molecule has 0 saturated carbocycles. The molecule has 0 bridgehead atoms. The Kier molecular flexibility index (Phi) is 9.33. The number of aromatic nitrogens is 2. The van der Waals surface area contributed by atoms with Gasteiger partial charge in [-0.15, -0.1) is 0 Å². The highest BCUT2D eigenvalue weighted by molar-refractivity contribution is 6.11. The van der Waals surface area contributed by atoms with E-state index in [1.807, 2.05) is 4.90 Å². The average molecular weight is 445 g/mol. The maximum Gasteiger partial charge on any atom is 0.198 e. The number of nitrogen functional groups attached to an aromatic ring is 1. The van der Waals surface area contributed by atoms with Crippen LogP contribution in [0.4, 0.5) is 10.2 Å². The maximum atomic E-state index is 13.2. The van der Waals surface area contributed by atoms with Gasteiger partial charge in [0.2, 0.25) is 0 Å². The number of carbonyl (C=O) groups is 1. The number of benzene rings is 2. The molecule has 0 fully saturated rings. The zero-order chi connectivity index (χ0) is 22.2. The first-order valence-electron chi connectivity index (χ1n) is 9.84. The Labute approximate surface area is 186 Å². The number of ether oxygens (including phenoxy) is 1. The van der Waals surface area contributed by atoms with Crippen molar-refractivity contribution in [3.63, 3.8) is 0 Å². The molecule has 1 aromatic heterocycles. The summed E-state index contributed by atoms with van der Waals surface area (Å²) in [5.41, 5.74) is 7.30. The normalized spacial score (nSPS) is 10.8. The number of nitrogens with zero attached hydrogens (tertiary/aromatic N) is 3. The highest BCUT2D eigenvalue weighted by Crippen LogP contribution is 2.22. The zero-order valence-electron chi connectivity index (χ0n) is 16.9. The van der Waals surface area contributed by atoms with Crippen molar-refractivity contribution in [1.82, 2.24) is 14.7 Å². The minimum absolute atomic E-state index is 0. The molecule has 0 aliphatic heterocycles. The Morgan fingerprint density at radius 2 is 1.78 bits per heavy atom. The van der Waals surface area contributed by atoms with Crippen LogP contribution < -0.4 is 10.5 Å². The minimum atomic E-state index is -0.376. The number of halogens is 1. The van der Waals surface area contributed by atoms with Crippen LogP contribution in [0.1, 0.15) is 23.3 Å². The Morgan fingerprint density at radius 3 is 2.44 bits per heavy atom. The predicted octanol–water partition coefficient (Wildman–Crippen LogP) is 2.13. The zero-order valence-corrected chi connectivity index (χ0v) is 16.9. The topological polar surface area (TPSA) is 114 Å². The molecule has 0 saturated heterocycles. The van der Waals surface area contributed by atoms with E-state index in [4.69, 9.17) is 20.7 Å². The summed E-state index contributed by atoms with van der Waals surface area (Å²) in [6.45, 7) is 1.74. The van der Waals surface area contributed by atoms with Crippen molar-refractivity contribution in [2.45, 2.75) is 7.43 Å². The van der Waals surface area contributed by atoms with Gasteiger partial charge in [-0.3, -0.25) is 9.69 Å². The summed E-state index contributed by atoms with van der Waals surface area (Å²) in [5, 5.41) is 22.3. The highest BCUT2D eigenvalue weighted by Gasteiger charge is 2.18. The van der Waals surface area contributed by atoms with Gasteiger partial charge in [-0.05, 0) is 36.4 Å². The van der Waals surface area contributed by atoms with E-state index in [2.05, 4.69) is 5.10 Å². The molecule has 3 rings (SSSR count). The fraction of sp³-hybridized carbons (Fsp3) is 0.304. The lowest BCUT2D eigenvalue weighted by Crippen LogP contribution is -2.33. The van der Waals surface area contributed by atoms with E-state index >= 15 is 0 Å². The van der Waals surface area contributed by atoms with Crippen LogP contribution in [-0.4, -0.2) is 70.1 Å². The number of hydrogen-bond donors (Lipinski definition) is 3. The third kappa shape index (κ3) is 6.13. The van der Waals surface area contributed by atoms with Crippen molar-refractivity contribution in [3.05, 3.63) is 71.7 Å². The van der Waals surface area contributed by atoms with Crippen LogP contribution in [0.3, 0.4) is 0 Å².